The highest BCUT2D eigenvalue weighted by molar-refractivity contribution is 6.19. The van der Waals surface area contributed by atoms with Crippen LogP contribution in [-0.4, -0.2) is 23.2 Å². The quantitative estimate of drug-likeness (QED) is 0.199. The summed E-state index contributed by atoms with van der Waals surface area (Å²) in [4.78, 5) is 10.5. The second-order valence-electron chi connectivity index (χ2n) is 11.9. The molecular weight excluding hydrogens is 506 g/mol. The topological polar surface area (TPSA) is 52.2 Å². The van der Waals surface area contributed by atoms with E-state index in [9.17, 15) is 0 Å². The summed E-state index contributed by atoms with van der Waals surface area (Å²) in [6.45, 7) is 4.63. The zero-order chi connectivity index (χ0) is 26.8. The van der Waals surface area contributed by atoms with Crippen molar-refractivity contribution >= 4 is 72.1 Å². The molecule has 0 saturated heterocycles. The summed E-state index contributed by atoms with van der Waals surface area (Å²) < 4.78 is 13.1. The monoisotopic (exact) mass is 527 g/mol. The summed E-state index contributed by atoms with van der Waals surface area (Å²) in [5, 5.41) is 2.20. The highest BCUT2D eigenvalue weighted by atomic mass is 16.3. The summed E-state index contributed by atoms with van der Waals surface area (Å²) in [6.07, 6.45) is 0. The normalized spacial score (nSPS) is 14.8. The van der Waals surface area contributed by atoms with Crippen LogP contribution in [0.25, 0.3) is 83.2 Å². The van der Waals surface area contributed by atoms with Gasteiger partial charge < -0.3 is 4.42 Å². The van der Waals surface area contributed by atoms with E-state index in [-0.39, 0.29) is 5.41 Å². The minimum Gasteiger partial charge on any atom is -0.456 e. The fraction of sp³-hybridized carbons (Fsp3) is 0.0857. The number of hydrogen-bond donors (Lipinski definition) is 0. The van der Waals surface area contributed by atoms with Crippen molar-refractivity contribution in [2.24, 2.45) is 0 Å². The van der Waals surface area contributed by atoms with E-state index in [1.54, 1.807) is 0 Å². The van der Waals surface area contributed by atoms with Gasteiger partial charge in [0.05, 0.1) is 38.5 Å². The lowest BCUT2D eigenvalue weighted by molar-refractivity contribution is 0.661. The zero-order valence-corrected chi connectivity index (χ0v) is 22.3. The van der Waals surface area contributed by atoms with Crippen molar-refractivity contribution < 1.29 is 4.42 Å². The molecule has 10 aromatic rings. The van der Waals surface area contributed by atoms with E-state index in [0.717, 1.165) is 72.1 Å². The number of hydrogen-bond acceptors (Lipinski definition) is 3. The minimum atomic E-state index is -0.0698. The molecule has 0 saturated carbocycles. The van der Waals surface area contributed by atoms with Crippen LogP contribution in [0.3, 0.4) is 0 Å². The van der Waals surface area contributed by atoms with Gasteiger partial charge in [-0.2, -0.15) is 0 Å². The lowest BCUT2D eigenvalue weighted by Gasteiger charge is -2.21. The molecule has 6 nitrogen and oxygen atoms in total. The average molecular weight is 528 g/mol. The maximum atomic E-state index is 6.25. The highest BCUT2D eigenvalue weighted by Crippen LogP contribution is 2.50. The first-order chi connectivity index (χ1) is 20.1. The highest BCUT2D eigenvalue weighted by Gasteiger charge is 2.36. The van der Waals surface area contributed by atoms with Crippen molar-refractivity contribution in [3.8, 4) is 11.1 Å². The molecule has 0 unspecified atom stereocenters. The van der Waals surface area contributed by atoms with E-state index in [1.165, 1.54) is 22.3 Å². The standard InChI is InChI=1S/C35H21N5O/c1-35(2)21-10-5-3-8-18(21)20-16-27-24(17-22(20)35)37-33-38(27)25-11-7-12-26-32(25)40(33)34-36-23-14-15-29-30(31(23)39(26)34)19-9-4-6-13-28(19)41-29/h3-17H,1-2H3. The Morgan fingerprint density at radius 2 is 1.37 bits per heavy atom. The Hall–Kier alpha value is -5.36. The van der Waals surface area contributed by atoms with Gasteiger partial charge in [-0.05, 0) is 64.7 Å². The second kappa shape index (κ2) is 6.34. The molecule has 0 bridgehead atoms. The molecule has 1 aliphatic rings. The van der Waals surface area contributed by atoms with E-state index in [0.29, 0.717) is 0 Å². The Labute approximate surface area is 232 Å². The number of para-hydroxylation sites is 2. The number of aromatic nitrogens is 5. The molecule has 11 rings (SSSR count). The predicted molar refractivity (Wildman–Crippen MR) is 163 cm³/mol. The third-order valence-corrected chi connectivity index (χ3v) is 9.58. The fourth-order valence-electron chi connectivity index (χ4n) is 7.79. The maximum absolute atomic E-state index is 6.25. The van der Waals surface area contributed by atoms with Gasteiger partial charge >= 0.3 is 0 Å². The van der Waals surface area contributed by atoms with E-state index < -0.39 is 0 Å². The molecule has 0 spiro atoms. The summed E-state index contributed by atoms with van der Waals surface area (Å²) in [7, 11) is 0. The number of benzene rings is 5. The van der Waals surface area contributed by atoms with Gasteiger partial charge in [0.15, 0.2) is 0 Å². The van der Waals surface area contributed by atoms with Gasteiger partial charge in [0, 0.05) is 10.8 Å². The molecule has 5 aromatic heterocycles. The van der Waals surface area contributed by atoms with Crippen molar-refractivity contribution in [2.75, 3.05) is 0 Å². The van der Waals surface area contributed by atoms with Crippen LogP contribution in [0.2, 0.25) is 0 Å². The molecule has 5 heterocycles. The van der Waals surface area contributed by atoms with Crippen LogP contribution in [0.15, 0.2) is 95.4 Å². The number of imidazole rings is 4. The van der Waals surface area contributed by atoms with Crippen molar-refractivity contribution in [1.82, 2.24) is 23.2 Å². The second-order valence-corrected chi connectivity index (χ2v) is 11.9. The summed E-state index contributed by atoms with van der Waals surface area (Å²) in [5.74, 6) is 1.76. The summed E-state index contributed by atoms with van der Waals surface area (Å²) in [5.41, 5.74) is 14.6. The number of furan rings is 1. The van der Waals surface area contributed by atoms with Crippen molar-refractivity contribution in [1.29, 1.82) is 0 Å². The zero-order valence-electron chi connectivity index (χ0n) is 22.3. The molecule has 6 heteroatoms. The predicted octanol–water partition coefficient (Wildman–Crippen LogP) is 8.34. The minimum absolute atomic E-state index is 0.0698. The maximum Gasteiger partial charge on any atom is 0.223 e. The average Bonchev–Trinajstić information content (AvgIpc) is 3.79. The van der Waals surface area contributed by atoms with Gasteiger partial charge in [-0.15, -0.1) is 0 Å². The lowest BCUT2D eigenvalue weighted by atomic mass is 9.82. The van der Waals surface area contributed by atoms with Gasteiger partial charge in [0.1, 0.15) is 16.7 Å². The van der Waals surface area contributed by atoms with Crippen LogP contribution in [0.1, 0.15) is 25.0 Å². The van der Waals surface area contributed by atoms with Gasteiger partial charge in [-0.3, -0.25) is 8.80 Å². The molecule has 0 aliphatic heterocycles. The number of rotatable bonds is 0. The Morgan fingerprint density at radius 3 is 2.29 bits per heavy atom. The molecule has 192 valence electrons. The van der Waals surface area contributed by atoms with Gasteiger partial charge in [-0.1, -0.05) is 62.4 Å². The molecular formula is C35H21N5O. The molecule has 0 fully saturated rings. The smallest absolute Gasteiger partial charge is 0.223 e. The van der Waals surface area contributed by atoms with Crippen LogP contribution in [0.5, 0.6) is 0 Å². The van der Waals surface area contributed by atoms with E-state index >= 15 is 0 Å². The third-order valence-electron chi connectivity index (χ3n) is 9.58. The van der Waals surface area contributed by atoms with Crippen molar-refractivity contribution in [3.05, 3.63) is 102 Å². The Bertz CT molecular complexity index is 2780. The van der Waals surface area contributed by atoms with Crippen LogP contribution in [0, 0.1) is 0 Å². The molecule has 0 atom stereocenters. The first kappa shape index (κ1) is 20.5. The van der Waals surface area contributed by atoms with Gasteiger partial charge in [0.2, 0.25) is 11.6 Å². The fourth-order valence-corrected chi connectivity index (χ4v) is 7.79. The van der Waals surface area contributed by atoms with Gasteiger partial charge in [0.25, 0.3) is 0 Å². The van der Waals surface area contributed by atoms with Crippen LogP contribution in [-0.2, 0) is 5.41 Å². The van der Waals surface area contributed by atoms with Crippen LogP contribution < -0.4 is 0 Å². The first-order valence-corrected chi connectivity index (χ1v) is 14.0. The van der Waals surface area contributed by atoms with Crippen LogP contribution in [0.4, 0.5) is 0 Å². The molecule has 1 aliphatic carbocycles. The van der Waals surface area contributed by atoms with E-state index in [4.69, 9.17) is 14.4 Å². The number of nitrogens with zero attached hydrogens (tertiary/aromatic N) is 5. The lowest BCUT2D eigenvalue weighted by Crippen LogP contribution is -2.14. The Morgan fingerprint density at radius 1 is 0.585 bits per heavy atom. The Kier molecular flexibility index (Phi) is 3.17. The van der Waals surface area contributed by atoms with Crippen LogP contribution >= 0.6 is 0 Å². The summed E-state index contributed by atoms with van der Waals surface area (Å²) >= 11 is 0. The van der Waals surface area contributed by atoms with E-state index in [2.05, 4.69) is 99.8 Å². The molecule has 5 aromatic carbocycles. The third kappa shape index (κ3) is 2.13. The molecule has 0 amide bonds. The number of fused-ring (bicyclic) bond motifs is 17. The largest absolute Gasteiger partial charge is 0.456 e. The van der Waals surface area contributed by atoms with E-state index in [1.807, 2.05) is 18.2 Å². The van der Waals surface area contributed by atoms with Crippen molar-refractivity contribution in [3.63, 3.8) is 0 Å². The molecule has 0 radical (unpaired) electrons. The van der Waals surface area contributed by atoms with Crippen molar-refractivity contribution in [2.45, 2.75) is 19.3 Å². The first-order valence-electron chi connectivity index (χ1n) is 14.0. The van der Waals surface area contributed by atoms with Gasteiger partial charge in [-0.25, -0.2) is 14.4 Å². The molecule has 41 heavy (non-hydrogen) atoms. The molecule has 0 N–H and O–H groups in total. The summed E-state index contributed by atoms with van der Waals surface area (Å²) in [6, 6.07) is 32.3. The SMILES string of the molecule is CC1(C)c2ccccc2-c2cc3c(cc21)nc1n3c2cccc3c2n1c1nc2ccc4oc5ccccc5c4c2n31. The Balaban J connectivity index is 1.34.